The van der Waals surface area contributed by atoms with E-state index in [0.717, 1.165) is 0 Å². The molecule has 0 N–H and O–H groups in total. The minimum Gasteiger partial charge on any atom is -0.227 e. The highest BCUT2D eigenvalue weighted by Crippen LogP contribution is 2.20. The highest BCUT2D eigenvalue weighted by molar-refractivity contribution is 6.24. The smallest absolute Gasteiger partial charge is 0.227 e. The Labute approximate surface area is 67.7 Å². The Balaban J connectivity index is 2.94. The van der Waals surface area contributed by atoms with Crippen LogP contribution in [0.3, 0.4) is 0 Å². The van der Waals surface area contributed by atoms with Crippen molar-refractivity contribution in [3.05, 3.63) is 4.85 Å². The maximum atomic E-state index is 12.5. The van der Waals surface area contributed by atoms with Crippen molar-refractivity contribution in [2.45, 2.75) is 18.1 Å². The van der Waals surface area contributed by atoms with E-state index in [1.807, 2.05) is 6.07 Å². The Kier molecular flexibility index (Phi) is 2.10. The van der Waals surface area contributed by atoms with Gasteiger partial charge in [0, 0.05) is 0 Å². The second-order valence-corrected chi connectivity index (χ2v) is 3.20. The van der Waals surface area contributed by atoms with Crippen LogP contribution in [0.15, 0.2) is 4.99 Å². The number of rotatable bonds is 0. The summed E-state index contributed by atoms with van der Waals surface area (Å²) in [5.41, 5.74) is 0. The molecule has 0 aromatic rings. The van der Waals surface area contributed by atoms with Crippen molar-refractivity contribution >= 4 is 17.6 Å². The third-order valence-electron chi connectivity index (χ3n) is 1.12. The lowest BCUT2D eigenvalue weighted by molar-refractivity contribution is 0.470. The molecule has 0 amide bonds. The Bertz CT molecular complexity index is 251. The number of halogens is 3. The van der Waals surface area contributed by atoms with Crippen molar-refractivity contribution in [3.63, 3.8) is 0 Å². The van der Waals surface area contributed by atoms with Gasteiger partial charge in [0.25, 0.3) is 6.17 Å². The van der Waals surface area contributed by atoms with Gasteiger partial charge in [-0.25, -0.2) is 9.38 Å². The van der Waals surface area contributed by atoms with Crippen molar-refractivity contribution in [1.82, 2.24) is 0 Å². The zero-order valence-corrected chi connectivity index (χ0v) is 6.57. The fraction of sp³-hybridized carbons (Fsp3) is 0.667. The predicted molar refractivity (Wildman–Crippen MR) is 39.8 cm³/mol. The Hall–Kier alpha value is -0.690. The summed E-state index contributed by atoms with van der Waals surface area (Å²) >= 11 is 5.61. The van der Waals surface area contributed by atoms with Crippen LogP contribution in [-0.2, 0) is 0 Å². The van der Waals surface area contributed by atoms with Crippen molar-refractivity contribution in [2.75, 3.05) is 6.54 Å². The van der Waals surface area contributed by atoms with Gasteiger partial charge in [0.2, 0.25) is 11.0 Å². The third kappa shape index (κ3) is 2.12. The highest BCUT2D eigenvalue weighted by atomic mass is 35.5. The SMILES string of the molecule is CC1(Cl)C[N+]#CC(F)C(F)=N1. The van der Waals surface area contributed by atoms with E-state index in [4.69, 9.17) is 11.6 Å². The molecule has 0 aromatic heterocycles. The van der Waals surface area contributed by atoms with Gasteiger partial charge in [-0.1, -0.05) is 16.4 Å². The van der Waals surface area contributed by atoms with Gasteiger partial charge in [-0.2, -0.15) is 4.39 Å². The molecule has 0 aromatic carbocycles. The van der Waals surface area contributed by atoms with E-state index in [-0.39, 0.29) is 6.54 Å². The first-order valence-electron chi connectivity index (χ1n) is 3.01. The van der Waals surface area contributed by atoms with Crippen LogP contribution in [0, 0.1) is 6.07 Å². The number of aliphatic imine (C=N–C) groups is 1. The van der Waals surface area contributed by atoms with E-state index >= 15 is 0 Å². The number of nitrogens with zero attached hydrogens (tertiary/aromatic N) is 2. The van der Waals surface area contributed by atoms with Gasteiger partial charge in [0.15, 0.2) is 0 Å². The van der Waals surface area contributed by atoms with Crippen molar-refractivity contribution in [3.8, 4) is 6.07 Å². The molecule has 1 heterocycles. The molecule has 1 rings (SSSR count). The summed E-state index contributed by atoms with van der Waals surface area (Å²) in [5, 5.41) is 0. The topological polar surface area (TPSA) is 16.7 Å². The van der Waals surface area contributed by atoms with E-state index in [1.54, 1.807) is 0 Å². The van der Waals surface area contributed by atoms with Crippen LogP contribution in [0.1, 0.15) is 6.92 Å². The molecule has 1 aliphatic rings. The van der Waals surface area contributed by atoms with Crippen molar-refractivity contribution in [2.24, 2.45) is 4.99 Å². The molecule has 0 radical (unpaired) electrons. The molecular weight excluding hydrogens is 174 g/mol. The van der Waals surface area contributed by atoms with E-state index in [1.165, 1.54) is 6.92 Å². The molecule has 11 heavy (non-hydrogen) atoms. The lowest BCUT2D eigenvalue weighted by Crippen LogP contribution is -2.18. The standard InChI is InChI=1S/C6H6ClF2N2/c1-6(7)3-10-2-4(8)5(9)11-6/h4H,3H2,1H3/q+1. The Morgan fingerprint density at radius 3 is 3.18 bits per heavy atom. The average molecular weight is 180 g/mol. The predicted octanol–water partition coefficient (Wildman–Crippen LogP) is 1.99. The van der Waals surface area contributed by atoms with E-state index in [2.05, 4.69) is 9.84 Å². The van der Waals surface area contributed by atoms with Crippen LogP contribution < -0.4 is 0 Å². The summed E-state index contributed by atoms with van der Waals surface area (Å²) in [4.78, 5) is 5.55. The summed E-state index contributed by atoms with van der Waals surface area (Å²) in [6.45, 7) is 1.50. The lowest BCUT2D eigenvalue weighted by Gasteiger charge is -2.05. The lowest BCUT2D eigenvalue weighted by atomic mass is 10.3. The zero-order valence-electron chi connectivity index (χ0n) is 5.81. The largest absolute Gasteiger partial charge is 0.320 e. The monoisotopic (exact) mass is 179 g/mol. The molecule has 0 spiro atoms. The normalized spacial score (nSPS) is 36.7. The van der Waals surface area contributed by atoms with Gasteiger partial charge in [0.05, 0.1) is 0 Å². The third-order valence-corrected chi connectivity index (χ3v) is 1.33. The molecular formula is C6H6ClF2N2+. The number of hydrogen-bond acceptors (Lipinski definition) is 1. The summed E-state index contributed by atoms with van der Waals surface area (Å²) < 4.78 is 24.9. The molecule has 2 atom stereocenters. The van der Waals surface area contributed by atoms with Crippen molar-refractivity contribution < 1.29 is 8.78 Å². The van der Waals surface area contributed by atoms with Gasteiger partial charge in [-0.15, -0.1) is 0 Å². The molecule has 0 fully saturated rings. The van der Waals surface area contributed by atoms with Gasteiger partial charge in [0.1, 0.15) is 0 Å². The van der Waals surface area contributed by atoms with Gasteiger partial charge >= 0.3 is 12.6 Å². The maximum absolute atomic E-state index is 12.5. The fourth-order valence-corrected chi connectivity index (χ4v) is 0.779. The van der Waals surface area contributed by atoms with Crippen LogP contribution in [0.4, 0.5) is 8.78 Å². The van der Waals surface area contributed by atoms with Gasteiger partial charge in [-0.05, 0) is 6.92 Å². The fourth-order valence-electron chi connectivity index (χ4n) is 0.638. The first kappa shape index (κ1) is 8.41. The molecule has 0 aliphatic carbocycles. The molecule has 2 nitrogen and oxygen atoms in total. The minimum atomic E-state index is -1.96. The van der Waals surface area contributed by atoms with Crippen LogP contribution in [0.5, 0.6) is 0 Å². The van der Waals surface area contributed by atoms with Crippen LogP contribution in [0.2, 0.25) is 0 Å². The summed E-state index contributed by atoms with van der Waals surface area (Å²) in [6, 6.07) is 1.92. The molecule has 60 valence electrons. The maximum Gasteiger partial charge on any atom is 0.320 e. The van der Waals surface area contributed by atoms with E-state index < -0.39 is 17.1 Å². The molecule has 2 unspecified atom stereocenters. The summed E-state index contributed by atoms with van der Waals surface area (Å²) in [5.74, 6) is -1.16. The van der Waals surface area contributed by atoms with Gasteiger partial charge < -0.3 is 0 Å². The Morgan fingerprint density at radius 2 is 2.55 bits per heavy atom. The molecule has 1 aliphatic heterocycles. The van der Waals surface area contributed by atoms with Crippen molar-refractivity contribution in [1.29, 1.82) is 0 Å². The first-order chi connectivity index (χ1) is 5.01. The second kappa shape index (κ2) is 2.74. The molecule has 0 saturated carbocycles. The molecule has 0 saturated heterocycles. The average Bonchev–Trinajstić information content (AvgIpc) is 1.93. The second-order valence-electron chi connectivity index (χ2n) is 2.38. The first-order valence-corrected chi connectivity index (χ1v) is 3.39. The molecule has 0 bridgehead atoms. The van der Waals surface area contributed by atoms with Crippen LogP contribution in [0.25, 0.3) is 4.85 Å². The number of hydrogen-bond donors (Lipinski definition) is 0. The summed E-state index contributed by atoms with van der Waals surface area (Å²) in [6.07, 6.45) is -1.96. The van der Waals surface area contributed by atoms with Gasteiger partial charge in [-0.3, -0.25) is 0 Å². The van der Waals surface area contributed by atoms with Crippen LogP contribution >= 0.6 is 11.6 Å². The molecule has 5 heteroatoms. The quantitative estimate of drug-likeness (QED) is 0.400. The number of alkyl halides is 2. The summed E-state index contributed by atoms with van der Waals surface area (Å²) in [7, 11) is 0. The minimum absolute atomic E-state index is 0.0440. The Morgan fingerprint density at radius 1 is 1.91 bits per heavy atom. The highest BCUT2D eigenvalue weighted by Gasteiger charge is 2.32. The van der Waals surface area contributed by atoms with E-state index in [9.17, 15) is 8.78 Å². The zero-order chi connectivity index (χ0) is 8.48. The van der Waals surface area contributed by atoms with E-state index in [0.29, 0.717) is 0 Å². The van der Waals surface area contributed by atoms with Crippen LogP contribution in [-0.4, -0.2) is 23.7 Å².